The Morgan fingerprint density at radius 2 is 2.00 bits per heavy atom. The molecule has 2 amide bonds. The Bertz CT molecular complexity index is 691. The quantitative estimate of drug-likeness (QED) is 0.917. The Balaban J connectivity index is 1.74. The van der Waals surface area contributed by atoms with Gasteiger partial charge in [0, 0.05) is 30.7 Å². The molecule has 2 aromatic rings. The molecule has 0 radical (unpaired) electrons. The van der Waals surface area contributed by atoms with Gasteiger partial charge in [-0.3, -0.25) is 0 Å². The van der Waals surface area contributed by atoms with Gasteiger partial charge in [0.15, 0.2) is 0 Å². The van der Waals surface area contributed by atoms with E-state index >= 15 is 0 Å². The van der Waals surface area contributed by atoms with Crippen molar-refractivity contribution in [1.29, 1.82) is 0 Å². The van der Waals surface area contributed by atoms with Gasteiger partial charge in [0.25, 0.3) is 0 Å². The molecule has 0 aliphatic carbocycles. The second-order valence-electron chi connectivity index (χ2n) is 6.40. The molecule has 0 saturated carbocycles. The number of aromatic nitrogens is 1. The molecule has 1 atom stereocenters. The zero-order valence-corrected chi connectivity index (χ0v) is 14.5. The Hall–Kier alpha value is -2.43. The van der Waals surface area contributed by atoms with E-state index in [1.54, 1.807) is 0 Å². The standard InChI is InChI=1S/C19H25N3O2/c1-4-24-16-9-7-15(8-10-16)20-19(23)22-13-12-21-11-5-6-17(21)18(22)14(2)3/h5-11,14,18H,4,12-13H2,1-3H3,(H,20,23)/t18-/m0/s1. The lowest BCUT2D eigenvalue weighted by Gasteiger charge is -2.39. The SMILES string of the molecule is CCOc1ccc(NC(=O)N2CCn3cccc3[C@@H]2C(C)C)cc1. The topological polar surface area (TPSA) is 46.5 Å². The molecule has 1 aromatic heterocycles. The van der Waals surface area contributed by atoms with Gasteiger partial charge >= 0.3 is 6.03 Å². The Morgan fingerprint density at radius 3 is 2.67 bits per heavy atom. The van der Waals surface area contributed by atoms with Crippen LogP contribution >= 0.6 is 0 Å². The molecule has 0 saturated heterocycles. The molecular weight excluding hydrogens is 302 g/mol. The molecule has 1 aliphatic rings. The van der Waals surface area contributed by atoms with E-state index in [1.165, 1.54) is 5.69 Å². The van der Waals surface area contributed by atoms with Crippen molar-refractivity contribution in [3.05, 3.63) is 48.3 Å². The summed E-state index contributed by atoms with van der Waals surface area (Å²) in [5.74, 6) is 1.16. The number of urea groups is 1. The molecule has 5 nitrogen and oxygen atoms in total. The molecule has 0 bridgehead atoms. The summed E-state index contributed by atoms with van der Waals surface area (Å²) in [5, 5.41) is 3.01. The number of rotatable bonds is 4. The van der Waals surface area contributed by atoms with Crippen LogP contribution in [0.4, 0.5) is 10.5 Å². The third-order valence-corrected chi connectivity index (χ3v) is 4.39. The van der Waals surface area contributed by atoms with Gasteiger partial charge in [0.1, 0.15) is 5.75 Å². The van der Waals surface area contributed by atoms with Crippen LogP contribution in [0.5, 0.6) is 5.75 Å². The highest BCUT2D eigenvalue weighted by Gasteiger charge is 2.32. The van der Waals surface area contributed by atoms with Gasteiger partial charge in [-0.15, -0.1) is 0 Å². The lowest BCUT2D eigenvalue weighted by atomic mass is 9.97. The van der Waals surface area contributed by atoms with Crippen molar-refractivity contribution in [2.45, 2.75) is 33.4 Å². The van der Waals surface area contributed by atoms with Crippen LogP contribution in [0.15, 0.2) is 42.6 Å². The number of benzene rings is 1. The fourth-order valence-corrected chi connectivity index (χ4v) is 3.34. The van der Waals surface area contributed by atoms with Crippen molar-refractivity contribution in [3.8, 4) is 5.75 Å². The number of nitrogens with one attached hydrogen (secondary N) is 1. The summed E-state index contributed by atoms with van der Waals surface area (Å²) in [4.78, 5) is 14.7. The first-order valence-corrected chi connectivity index (χ1v) is 8.55. The molecule has 0 unspecified atom stereocenters. The highest BCUT2D eigenvalue weighted by Crippen LogP contribution is 2.32. The van der Waals surface area contributed by atoms with Gasteiger partial charge in [0.2, 0.25) is 0 Å². The number of carbonyl (C=O) groups excluding carboxylic acids is 1. The number of amides is 2. The molecule has 0 spiro atoms. The minimum Gasteiger partial charge on any atom is -0.494 e. The number of ether oxygens (including phenoxy) is 1. The van der Waals surface area contributed by atoms with E-state index in [4.69, 9.17) is 4.74 Å². The van der Waals surface area contributed by atoms with Crippen LogP contribution in [0.1, 0.15) is 32.5 Å². The molecule has 24 heavy (non-hydrogen) atoms. The number of anilines is 1. The average Bonchev–Trinajstić information content (AvgIpc) is 3.04. The number of hydrogen-bond acceptors (Lipinski definition) is 2. The van der Waals surface area contributed by atoms with Crippen molar-refractivity contribution < 1.29 is 9.53 Å². The largest absolute Gasteiger partial charge is 0.494 e. The number of fused-ring (bicyclic) bond motifs is 1. The van der Waals surface area contributed by atoms with Gasteiger partial charge in [-0.2, -0.15) is 0 Å². The van der Waals surface area contributed by atoms with Gasteiger partial charge in [0.05, 0.1) is 12.6 Å². The number of nitrogens with zero attached hydrogens (tertiary/aromatic N) is 2. The lowest BCUT2D eigenvalue weighted by Crippen LogP contribution is -2.45. The van der Waals surface area contributed by atoms with E-state index in [-0.39, 0.29) is 12.1 Å². The fraction of sp³-hybridized carbons (Fsp3) is 0.421. The van der Waals surface area contributed by atoms with Crippen LogP contribution in [0.25, 0.3) is 0 Å². The molecule has 3 rings (SSSR count). The highest BCUT2D eigenvalue weighted by atomic mass is 16.5. The predicted octanol–water partition coefficient (Wildman–Crippen LogP) is 4.13. The van der Waals surface area contributed by atoms with Gasteiger partial charge in [-0.1, -0.05) is 13.8 Å². The van der Waals surface area contributed by atoms with E-state index in [9.17, 15) is 4.79 Å². The zero-order valence-electron chi connectivity index (χ0n) is 14.5. The minimum atomic E-state index is -0.0506. The van der Waals surface area contributed by atoms with Gasteiger partial charge in [-0.05, 0) is 49.2 Å². The Kier molecular flexibility index (Phi) is 4.79. The maximum absolute atomic E-state index is 12.8. The lowest BCUT2D eigenvalue weighted by molar-refractivity contribution is 0.144. The first-order valence-electron chi connectivity index (χ1n) is 8.55. The second kappa shape index (κ2) is 6.99. The summed E-state index contributed by atoms with van der Waals surface area (Å²) in [6, 6.07) is 11.7. The van der Waals surface area contributed by atoms with Crippen LogP contribution in [0, 0.1) is 5.92 Å². The van der Waals surface area contributed by atoms with Crippen LogP contribution in [0.3, 0.4) is 0 Å². The molecular formula is C19H25N3O2. The molecule has 1 aromatic carbocycles. The van der Waals surface area contributed by atoms with Crippen molar-refractivity contribution in [3.63, 3.8) is 0 Å². The molecule has 2 heterocycles. The maximum atomic E-state index is 12.8. The first kappa shape index (κ1) is 16.4. The highest BCUT2D eigenvalue weighted by molar-refractivity contribution is 5.89. The second-order valence-corrected chi connectivity index (χ2v) is 6.40. The van der Waals surface area contributed by atoms with E-state index in [2.05, 4.69) is 42.1 Å². The summed E-state index contributed by atoms with van der Waals surface area (Å²) >= 11 is 0. The fourth-order valence-electron chi connectivity index (χ4n) is 3.34. The van der Waals surface area contributed by atoms with Crippen LogP contribution in [-0.2, 0) is 6.54 Å². The third kappa shape index (κ3) is 3.25. The predicted molar refractivity (Wildman–Crippen MR) is 95.3 cm³/mol. The maximum Gasteiger partial charge on any atom is 0.322 e. The number of hydrogen-bond donors (Lipinski definition) is 1. The van der Waals surface area contributed by atoms with Crippen molar-refractivity contribution in [2.75, 3.05) is 18.5 Å². The van der Waals surface area contributed by atoms with E-state index in [0.717, 1.165) is 18.0 Å². The smallest absolute Gasteiger partial charge is 0.322 e. The van der Waals surface area contributed by atoms with Crippen LogP contribution in [-0.4, -0.2) is 28.6 Å². The summed E-state index contributed by atoms with van der Waals surface area (Å²) in [7, 11) is 0. The summed E-state index contributed by atoms with van der Waals surface area (Å²) in [6.45, 7) is 8.45. The summed E-state index contributed by atoms with van der Waals surface area (Å²) < 4.78 is 7.68. The Labute approximate surface area is 143 Å². The minimum absolute atomic E-state index is 0.0506. The molecule has 1 N–H and O–H groups in total. The summed E-state index contributed by atoms with van der Waals surface area (Å²) in [5.41, 5.74) is 1.99. The van der Waals surface area contributed by atoms with E-state index < -0.39 is 0 Å². The van der Waals surface area contributed by atoms with Gasteiger partial charge < -0.3 is 19.5 Å². The van der Waals surface area contributed by atoms with Gasteiger partial charge in [-0.25, -0.2) is 4.79 Å². The monoisotopic (exact) mass is 327 g/mol. The van der Waals surface area contributed by atoms with Crippen LogP contribution < -0.4 is 10.1 Å². The zero-order chi connectivity index (χ0) is 17.1. The van der Waals surface area contributed by atoms with E-state index in [1.807, 2.05) is 36.1 Å². The normalized spacial score (nSPS) is 16.8. The number of carbonyl (C=O) groups is 1. The van der Waals surface area contributed by atoms with Crippen LogP contribution in [0.2, 0.25) is 0 Å². The molecule has 5 heteroatoms. The molecule has 128 valence electrons. The third-order valence-electron chi connectivity index (χ3n) is 4.39. The molecule has 0 fully saturated rings. The van der Waals surface area contributed by atoms with Crippen molar-refractivity contribution in [1.82, 2.24) is 9.47 Å². The van der Waals surface area contributed by atoms with Crippen molar-refractivity contribution in [2.24, 2.45) is 5.92 Å². The van der Waals surface area contributed by atoms with Crippen molar-refractivity contribution >= 4 is 11.7 Å². The molecule has 1 aliphatic heterocycles. The average molecular weight is 327 g/mol. The summed E-state index contributed by atoms with van der Waals surface area (Å²) in [6.07, 6.45) is 2.09. The Morgan fingerprint density at radius 1 is 1.25 bits per heavy atom. The first-order chi connectivity index (χ1) is 11.6. The van der Waals surface area contributed by atoms with E-state index in [0.29, 0.717) is 19.1 Å².